The lowest BCUT2D eigenvalue weighted by molar-refractivity contribution is -0.114. The Balaban J connectivity index is 2.21. The van der Waals surface area contributed by atoms with Crippen LogP contribution >= 0.6 is 27.5 Å². The first-order valence-corrected chi connectivity index (χ1v) is 9.98. The fourth-order valence-electron chi connectivity index (χ4n) is 2.05. The number of halogens is 2. The number of carbonyl (C=O) groups is 1. The Morgan fingerprint density at radius 1 is 1.21 bits per heavy atom. The van der Waals surface area contributed by atoms with Gasteiger partial charge in [-0.25, -0.2) is 8.42 Å². The Hall–Kier alpha value is -1.57. The SMILES string of the molecule is Cc1cc(N(CC(=O)Nc2ccc(Cl)cc2)S(C)(=O)=O)ccc1Br. The lowest BCUT2D eigenvalue weighted by atomic mass is 10.2. The van der Waals surface area contributed by atoms with E-state index in [9.17, 15) is 13.2 Å². The zero-order valence-corrected chi connectivity index (χ0v) is 16.2. The average molecular weight is 432 g/mol. The Kier molecular flexibility index (Phi) is 5.90. The van der Waals surface area contributed by atoms with Gasteiger partial charge in [0, 0.05) is 15.2 Å². The van der Waals surface area contributed by atoms with E-state index in [4.69, 9.17) is 11.6 Å². The molecule has 0 saturated heterocycles. The van der Waals surface area contributed by atoms with Crippen LogP contribution in [0.3, 0.4) is 0 Å². The summed E-state index contributed by atoms with van der Waals surface area (Å²) in [5.74, 6) is -0.441. The molecule has 128 valence electrons. The maximum Gasteiger partial charge on any atom is 0.245 e. The van der Waals surface area contributed by atoms with Crippen molar-refractivity contribution in [2.45, 2.75) is 6.92 Å². The Morgan fingerprint density at radius 2 is 1.83 bits per heavy atom. The average Bonchev–Trinajstić information content (AvgIpc) is 2.49. The molecule has 0 radical (unpaired) electrons. The predicted molar refractivity (Wildman–Crippen MR) is 101 cm³/mol. The highest BCUT2D eigenvalue weighted by Gasteiger charge is 2.21. The maximum atomic E-state index is 12.2. The molecule has 2 aromatic carbocycles. The minimum atomic E-state index is -3.61. The third kappa shape index (κ3) is 4.96. The molecule has 1 N–H and O–H groups in total. The molecule has 8 heteroatoms. The molecule has 1 amide bonds. The molecule has 0 heterocycles. The first-order chi connectivity index (χ1) is 11.2. The van der Waals surface area contributed by atoms with Crippen molar-refractivity contribution in [1.29, 1.82) is 0 Å². The lowest BCUT2D eigenvalue weighted by Crippen LogP contribution is -2.37. The van der Waals surface area contributed by atoms with Crippen LogP contribution in [0.2, 0.25) is 5.02 Å². The van der Waals surface area contributed by atoms with Crippen molar-refractivity contribution >= 4 is 54.8 Å². The van der Waals surface area contributed by atoms with E-state index >= 15 is 0 Å². The van der Waals surface area contributed by atoms with Crippen LogP contribution in [-0.4, -0.2) is 27.1 Å². The summed E-state index contributed by atoms with van der Waals surface area (Å²) in [6, 6.07) is 11.7. The molecular weight excluding hydrogens is 416 g/mol. The van der Waals surface area contributed by atoms with Crippen molar-refractivity contribution in [1.82, 2.24) is 0 Å². The lowest BCUT2D eigenvalue weighted by Gasteiger charge is -2.22. The van der Waals surface area contributed by atoms with Crippen LogP contribution < -0.4 is 9.62 Å². The van der Waals surface area contributed by atoms with Crippen LogP contribution in [0.25, 0.3) is 0 Å². The van der Waals surface area contributed by atoms with E-state index in [0.29, 0.717) is 16.4 Å². The Bertz CT molecular complexity index is 854. The summed E-state index contributed by atoms with van der Waals surface area (Å²) in [7, 11) is -3.61. The van der Waals surface area contributed by atoms with Crippen LogP contribution in [0, 0.1) is 6.92 Å². The van der Waals surface area contributed by atoms with Crippen LogP contribution in [0.15, 0.2) is 46.9 Å². The van der Waals surface area contributed by atoms with Gasteiger partial charge < -0.3 is 5.32 Å². The van der Waals surface area contributed by atoms with Crippen LogP contribution in [0.1, 0.15) is 5.56 Å². The van der Waals surface area contributed by atoms with Crippen molar-refractivity contribution in [3.63, 3.8) is 0 Å². The third-order valence-corrected chi connectivity index (χ3v) is 5.53. The fourth-order valence-corrected chi connectivity index (χ4v) is 3.27. The number of rotatable bonds is 5. The van der Waals surface area contributed by atoms with Crippen molar-refractivity contribution in [2.24, 2.45) is 0 Å². The van der Waals surface area contributed by atoms with Gasteiger partial charge in [-0.3, -0.25) is 9.10 Å². The molecule has 0 aliphatic rings. The zero-order chi connectivity index (χ0) is 17.9. The molecule has 0 atom stereocenters. The molecule has 2 rings (SSSR count). The second-order valence-corrected chi connectivity index (χ2v) is 8.46. The quantitative estimate of drug-likeness (QED) is 0.783. The highest BCUT2D eigenvalue weighted by Crippen LogP contribution is 2.24. The Morgan fingerprint density at radius 3 is 2.38 bits per heavy atom. The number of anilines is 2. The smallest absolute Gasteiger partial charge is 0.245 e. The molecule has 2 aromatic rings. The fraction of sp³-hybridized carbons (Fsp3) is 0.188. The van der Waals surface area contributed by atoms with E-state index in [1.165, 1.54) is 0 Å². The van der Waals surface area contributed by atoms with Crippen molar-refractivity contribution in [3.05, 3.63) is 57.5 Å². The van der Waals surface area contributed by atoms with E-state index in [0.717, 1.165) is 20.6 Å². The van der Waals surface area contributed by atoms with Gasteiger partial charge in [0.05, 0.1) is 11.9 Å². The second-order valence-electron chi connectivity index (χ2n) is 5.26. The summed E-state index contributed by atoms with van der Waals surface area (Å²) in [5, 5.41) is 3.21. The van der Waals surface area contributed by atoms with Crippen molar-refractivity contribution in [2.75, 3.05) is 22.4 Å². The summed E-state index contributed by atoms with van der Waals surface area (Å²) < 4.78 is 26.1. The summed E-state index contributed by atoms with van der Waals surface area (Å²) in [6.07, 6.45) is 1.07. The third-order valence-electron chi connectivity index (χ3n) is 3.25. The van der Waals surface area contributed by atoms with Crippen LogP contribution in [0.5, 0.6) is 0 Å². The molecule has 0 aliphatic carbocycles. The van der Waals surface area contributed by atoms with Crippen molar-refractivity contribution in [3.8, 4) is 0 Å². The van der Waals surface area contributed by atoms with Crippen LogP contribution in [0.4, 0.5) is 11.4 Å². The molecular formula is C16H16BrClN2O3S. The number of hydrogen-bond acceptors (Lipinski definition) is 3. The number of hydrogen-bond donors (Lipinski definition) is 1. The number of carbonyl (C=O) groups excluding carboxylic acids is 1. The predicted octanol–water partition coefficient (Wildman–Crippen LogP) is 3.82. The monoisotopic (exact) mass is 430 g/mol. The number of aryl methyl sites for hydroxylation is 1. The highest BCUT2D eigenvalue weighted by molar-refractivity contribution is 9.10. The van der Waals surface area contributed by atoms with Crippen molar-refractivity contribution < 1.29 is 13.2 Å². The van der Waals surface area contributed by atoms with Gasteiger partial charge >= 0.3 is 0 Å². The number of benzene rings is 2. The molecule has 0 aromatic heterocycles. The number of sulfonamides is 1. The maximum absolute atomic E-state index is 12.2. The van der Waals surface area contributed by atoms with Gasteiger partial charge in [0.15, 0.2) is 0 Å². The van der Waals surface area contributed by atoms with E-state index in [1.54, 1.807) is 42.5 Å². The second kappa shape index (κ2) is 7.55. The van der Waals surface area contributed by atoms with Gasteiger partial charge in [-0.15, -0.1) is 0 Å². The minimum absolute atomic E-state index is 0.317. The van der Waals surface area contributed by atoms with Gasteiger partial charge in [-0.05, 0) is 55.0 Å². The van der Waals surface area contributed by atoms with Gasteiger partial charge in [-0.1, -0.05) is 27.5 Å². The van der Waals surface area contributed by atoms with E-state index in [2.05, 4.69) is 21.2 Å². The van der Waals surface area contributed by atoms with Gasteiger partial charge in [0.1, 0.15) is 6.54 Å². The minimum Gasteiger partial charge on any atom is -0.325 e. The first kappa shape index (κ1) is 18.8. The molecule has 5 nitrogen and oxygen atoms in total. The zero-order valence-electron chi connectivity index (χ0n) is 13.1. The summed E-state index contributed by atoms with van der Waals surface area (Å²) in [4.78, 5) is 12.2. The molecule has 24 heavy (non-hydrogen) atoms. The number of nitrogens with zero attached hydrogens (tertiary/aromatic N) is 1. The Labute approximate surface area is 154 Å². The highest BCUT2D eigenvalue weighted by atomic mass is 79.9. The molecule has 0 unspecified atom stereocenters. The largest absolute Gasteiger partial charge is 0.325 e. The number of nitrogens with one attached hydrogen (secondary N) is 1. The number of amides is 1. The summed E-state index contributed by atoms with van der Waals surface area (Å²) >= 11 is 9.17. The molecule has 0 fully saturated rings. The van der Waals surface area contributed by atoms with E-state index in [1.807, 2.05) is 6.92 Å². The summed E-state index contributed by atoms with van der Waals surface area (Å²) in [6.45, 7) is 1.53. The van der Waals surface area contributed by atoms with Gasteiger partial charge in [-0.2, -0.15) is 0 Å². The first-order valence-electron chi connectivity index (χ1n) is 6.96. The molecule has 0 saturated carbocycles. The molecule has 0 spiro atoms. The van der Waals surface area contributed by atoms with Gasteiger partial charge in [0.25, 0.3) is 0 Å². The van der Waals surface area contributed by atoms with Crippen LogP contribution in [-0.2, 0) is 14.8 Å². The van der Waals surface area contributed by atoms with E-state index < -0.39 is 15.9 Å². The molecule has 0 aliphatic heterocycles. The standard InChI is InChI=1S/C16H16BrClN2O3S/c1-11-9-14(7-8-15(11)17)20(24(2,22)23)10-16(21)19-13-5-3-12(18)4-6-13/h3-9H,10H2,1-2H3,(H,19,21). The summed E-state index contributed by atoms with van der Waals surface area (Å²) in [5.41, 5.74) is 1.86. The topological polar surface area (TPSA) is 66.5 Å². The van der Waals surface area contributed by atoms with Gasteiger partial charge in [0.2, 0.25) is 15.9 Å². The normalized spacial score (nSPS) is 11.2. The molecule has 0 bridgehead atoms. The van der Waals surface area contributed by atoms with E-state index in [-0.39, 0.29) is 6.54 Å².